The van der Waals surface area contributed by atoms with Crippen LogP contribution in [0.3, 0.4) is 0 Å². The maximum atomic E-state index is 12.2. The second-order valence-electron chi connectivity index (χ2n) is 4.50. The molecule has 0 aliphatic carbocycles. The van der Waals surface area contributed by atoms with E-state index in [0.717, 1.165) is 6.42 Å². The van der Waals surface area contributed by atoms with E-state index in [1.165, 1.54) is 10.8 Å². The van der Waals surface area contributed by atoms with Gasteiger partial charge in [0.2, 0.25) is 0 Å². The minimum atomic E-state index is -0.382. The van der Waals surface area contributed by atoms with E-state index in [1.807, 2.05) is 0 Å². The number of hydrogen-bond donors (Lipinski definition) is 1. The average molecular weight is 247 g/mol. The first-order valence-electron chi connectivity index (χ1n) is 5.90. The first kappa shape index (κ1) is 11.2. The molecule has 18 heavy (non-hydrogen) atoms. The Morgan fingerprint density at radius 1 is 1.50 bits per heavy atom. The highest BCUT2D eigenvalue weighted by Crippen LogP contribution is 2.13. The predicted molar refractivity (Wildman–Crippen MR) is 65.5 cm³/mol. The third kappa shape index (κ3) is 1.84. The summed E-state index contributed by atoms with van der Waals surface area (Å²) < 4.78 is 6.51. The Balaban J connectivity index is 2.11. The summed E-state index contributed by atoms with van der Waals surface area (Å²) in [4.78, 5) is 30.7. The molecule has 1 saturated heterocycles. The van der Waals surface area contributed by atoms with Gasteiger partial charge in [0, 0.05) is 25.3 Å². The van der Waals surface area contributed by atoms with Gasteiger partial charge in [-0.15, -0.1) is 0 Å². The zero-order valence-electron chi connectivity index (χ0n) is 9.76. The molecule has 0 amide bonds. The highest BCUT2D eigenvalue weighted by molar-refractivity contribution is 5.75. The monoisotopic (exact) mass is 247 g/mol. The van der Waals surface area contributed by atoms with E-state index < -0.39 is 0 Å². The predicted octanol–water partition coefficient (Wildman–Crippen LogP) is 0.121. The maximum absolute atomic E-state index is 12.2. The van der Waals surface area contributed by atoms with Gasteiger partial charge in [-0.2, -0.15) is 0 Å². The molecule has 6 nitrogen and oxygen atoms in total. The molecule has 1 aliphatic rings. The van der Waals surface area contributed by atoms with E-state index in [4.69, 9.17) is 4.74 Å². The minimum absolute atomic E-state index is 0.239. The first-order valence-corrected chi connectivity index (χ1v) is 5.90. The lowest BCUT2D eigenvalue weighted by Gasteiger charge is -2.09. The molecule has 3 heterocycles. The van der Waals surface area contributed by atoms with E-state index in [9.17, 15) is 9.59 Å². The Hall–Kier alpha value is -1.95. The molecular weight excluding hydrogens is 234 g/mol. The number of fused-ring (bicyclic) bond motifs is 1. The molecule has 2 aromatic heterocycles. The van der Waals surface area contributed by atoms with Crippen LogP contribution < -0.4 is 11.2 Å². The number of ether oxygens (including phenoxy) is 1. The van der Waals surface area contributed by atoms with Gasteiger partial charge in [0.25, 0.3) is 5.56 Å². The van der Waals surface area contributed by atoms with E-state index in [2.05, 4.69) is 9.97 Å². The van der Waals surface area contributed by atoms with Crippen molar-refractivity contribution >= 4 is 10.9 Å². The molecule has 1 unspecified atom stereocenters. The molecule has 0 spiro atoms. The summed E-state index contributed by atoms with van der Waals surface area (Å²) in [5, 5.41) is 0.489. The summed E-state index contributed by atoms with van der Waals surface area (Å²) >= 11 is 0. The quantitative estimate of drug-likeness (QED) is 0.817. The van der Waals surface area contributed by atoms with Crippen molar-refractivity contribution in [2.24, 2.45) is 5.92 Å². The molecule has 1 aliphatic heterocycles. The lowest BCUT2D eigenvalue weighted by molar-refractivity contribution is 0.182. The van der Waals surface area contributed by atoms with Gasteiger partial charge in [-0.05, 0) is 12.5 Å². The highest BCUT2D eigenvalue weighted by Gasteiger charge is 2.18. The van der Waals surface area contributed by atoms with Crippen LogP contribution in [0.2, 0.25) is 0 Å². The fraction of sp³-hybridized carbons (Fsp3) is 0.417. The number of H-pyrrole nitrogens is 1. The molecular formula is C12H13N3O3. The summed E-state index contributed by atoms with van der Waals surface area (Å²) in [6.45, 7) is 1.72. The van der Waals surface area contributed by atoms with Crippen LogP contribution >= 0.6 is 0 Å². The van der Waals surface area contributed by atoms with E-state index in [0.29, 0.717) is 30.7 Å². The van der Waals surface area contributed by atoms with Crippen molar-refractivity contribution in [2.75, 3.05) is 13.2 Å². The minimum Gasteiger partial charge on any atom is -0.381 e. The number of aromatic nitrogens is 3. The number of nitrogens with zero attached hydrogens (tertiary/aromatic N) is 2. The van der Waals surface area contributed by atoms with E-state index in [1.54, 1.807) is 12.3 Å². The molecule has 6 heteroatoms. The Labute approximate surface area is 102 Å². The van der Waals surface area contributed by atoms with Crippen molar-refractivity contribution in [3.05, 3.63) is 39.3 Å². The summed E-state index contributed by atoms with van der Waals surface area (Å²) in [5.74, 6) is 0.239. The smallest absolute Gasteiger partial charge is 0.328 e. The van der Waals surface area contributed by atoms with Gasteiger partial charge in [0.05, 0.1) is 23.7 Å². The van der Waals surface area contributed by atoms with Crippen LogP contribution in [0.25, 0.3) is 10.9 Å². The van der Waals surface area contributed by atoms with Crippen LogP contribution in [0.5, 0.6) is 0 Å². The second kappa shape index (κ2) is 4.38. The van der Waals surface area contributed by atoms with E-state index in [-0.39, 0.29) is 17.2 Å². The van der Waals surface area contributed by atoms with Crippen molar-refractivity contribution in [2.45, 2.75) is 13.0 Å². The Kier molecular flexibility index (Phi) is 2.71. The maximum Gasteiger partial charge on any atom is 0.328 e. The molecule has 0 bridgehead atoms. The number of hydrogen-bond acceptors (Lipinski definition) is 4. The zero-order valence-corrected chi connectivity index (χ0v) is 9.76. The number of rotatable bonds is 2. The molecule has 0 radical (unpaired) electrons. The molecule has 1 fully saturated rings. The van der Waals surface area contributed by atoms with Crippen molar-refractivity contribution < 1.29 is 4.74 Å². The fourth-order valence-electron chi connectivity index (χ4n) is 2.25. The summed E-state index contributed by atoms with van der Waals surface area (Å²) in [7, 11) is 0. The summed E-state index contributed by atoms with van der Waals surface area (Å²) in [5.41, 5.74) is -0.165. The first-order chi connectivity index (χ1) is 8.75. The molecule has 1 N–H and O–H groups in total. The van der Waals surface area contributed by atoms with Gasteiger partial charge in [-0.25, -0.2) is 4.79 Å². The fourth-order valence-corrected chi connectivity index (χ4v) is 2.25. The Morgan fingerprint density at radius 2 is 2.39 bits per heavy atom. The summed E-state index contributed by atoms with van der Waals surface area (Å²) in [6, 6.07) is 1.62. The van der Waals surface area contributed by atoms with Crippen molar-refractivity contribution in [1.82, 2.24) is 14.5 Å². The topological polar surface area (TPSA) is 77.0 Å². The SMILES string of the molecule is O=c1[nH]c2cnccc2c(=O)n1CC1CCOC1. The molecule has 0 saturated carbocycles. The van der Waals surface area contributed by atoms with Gasteiger partial charge in [-0.3, -0.25) is 14.3 Å². The van der Waals surface area contributed by atoms with Gasteiger partial charge in [-0.1, -0.05) is 0 Å². The Bertz CT molecular complexity index is 683. The molecule has 2 aromatic rings. The highest BCUT2D eigenvalue weighted by atomic mass is 16.5. The average Bonchev–Trinajstić information content (AvgIpc) is 2.87. The van der Waals surface area contributed by atoms with Crippen LogP contribution in [-0.2, 0) is 11.3 Å². The normalized spacial score (nSPS) is 19.4. The van der Waals surface area contributed by atoms with Crippen LogP contribution in [0.1, 0.15) is 6.42 Å². The second-order valence-corrected chi connectivity index (χ2v) is 4.50. The number of aromatic amines is 1. The van der Waals surface area contributed by atoms with Gasteiger partial charge < -0.3 is 9.72 Å². The van der Waals surface area contributed by atoms with E-state index >= 15 is 0 Å². The third-order valence-corrected chi connectivity index (χ3v) is 3.25. The van der Waals surface area contributed by atoms with Gasteiger partial charge in [0.15, 0.2) is 0 Å². The molecule has 1 atom stereocenters. The van der Waals surface area contributed by atoms with Crippen LogP contribution in [0.4, 0.5) is 0 Å². The van der Waals surface area contributed by atoms with Crippen LogP contribution in [-0.4, -0.2) is 27.7 Å². The number of pyridine rings is 1. The van der Waals surface area contributed by atoms with Crippen LogP contribution in [0.15, 0.2) is 28.0 Å². The molecule has 3 rings (SSSR count). The van der Waals surface area contributed by atoms with Gasteiger partial charge >= 0.3 is 5.69 Å². The molecule has 0 aromatic carbocycles. The summed E-state index contributed by atoms with van der Waals surface area (Å²) in [6.07, 6.45) is 3.92. The zero-order chi connectivity index (χ0) is 12.5. The molecule has 94 valence electrons. The largest absolute Gasteiger partial charge is 0.381 e. The van der Waals surface area contributed by atoms with Crippen molar-refractivity contribution in [3.8, 4) is 0 Å². The lowest BCUT2D eigenvalue weighted by atomic mass is 10.1. The number of nitrogens with one attached hydrogen (secondary N) is 1. The lowest BCUT2D eigenvalue weighted by Crippen LogP contribution is -2.37. The third-order valence-electron chi connectivity index (χ3n) is 3.25. The standard InChI is InChI=1S/C12H13N3O3/c16-11-9-1-3-13-5-10(9)14-12(17)15(11)6-8-2-4-18-7-8/h1,3,5,8H,2,4,6-7H2,(H,14,17). The Morgan fingerprint density at radius 3 is 3.17 bits per heavy atom. The van der Waals surface area contributed by atoms with Crippen LogP contribution in [0, 0.1) is 5.92 Å². The van der Waals surface area contributed by atoms with Gasteiger partial charge in [0.1, 0.15) is 0 Å². The van der Waals surface area contributed by atoms with Crippen molar-refractivity contribution in [3.63, 3.8) is 0 Å². The van der Waals surface area contributed by atoms with Crippen molar-refractivity contribution in [1.29, 1.82) is 0 Å².